The second-order valence-corrected chi connectivity index (χ2v) is 5.07. The maximum Gasteiger partial charge on any atom is 0.251 e. The number of rotatable bonds is 4. The van der Waals surface area contributed by atoms with Crippen LogP contribution in [0.1, 0.15) is 34.3 Å². The van der Waals surface area contributed by atoms with Crippen LogP contribution in [0, 0.1) is 13.8 Å². The zero-order valence-corrected chi connectivity index (χ0v) is 11.8. The summed E-state index contributed by atoms with van der Waals surface area (Å²) in [6.07, 6.45) is 4.28. The lowest BCUT2D eigenvalue weighted by molar-refractivity contribution is 0.0953. The van der Waals surface area contributed by atoms with E-state index in [0.29, 0.717) is 0 Å². The highest BCUT2D eigenvalue weighted by Crippen LogP contribution is 2.13. The molecule has 0 unspecified atom stereocenters. The molecule has 0 radical (unpaired) electrons. The molecule has 0 saturated heterocycles. The van der Waals surface area contributed by atoms with Gasteiger partial charge in [-0.1, -0.05) is 23.8 Å². The molecule has 102 valence electrons. The molecule has 1 amide bonds. The second kappa shape index (κ2) is 6.53. The number of amides is 1. The first-order valence-electron chi connectivity index (χ1n) is 6.91. The first-order chi connectivity index (χ1) is 9.18. The summed E-state index contributed by atoms with van der Waals surface area (Å²) in [6, 6.07) is 5.86. The smallest absolute Gasteiger partial charge is 0.251 e. The number of hydrogen-bond acceptors (Lipinski definition) is 2. The van der Waals surface area contributed by atoms with E-state index in [-0.39, 0.29) is 5.91 Å². The Labute approximate surface area is 115 Å². The van der Waals surface area contributed by atoms with E-state index in [4.69, 9.17) is 0 Å². The summed E-state index contributed by atoms with van der Waals surface area (Å²) in [7, 11) is 0. The predicted molar refractivity (Wildman–Crippen MR) is 78.4 cm³/mol. The Hall–Kier alpha value is -1.61. The van der Waals surface area contributed by atoms with Gasteiger partial charge < -0.3 is 10.6 Å². The van der Waals surface area contributed by atoms with Crippen LogP contribution in [-0.2, 0) is 0 Å². The van der Waals surface area contributed by atoms with E-state index in [1.165, 1.54) is 5.57 Å². The molecule has 1 aliphatic heterocycles. The van der Waals surface area contributed by atoms with Crippen molar-refractivity contribution in [2.75, 3.05) is 19.6 Å². The van der Waals surface area contributed by atoms with Crippen LogP contribution in [0.3, 0.4) is 0 Å². The fraction of sp³-hybridized carbons (Fsp3) is 0.438. The fourth-order valence-electron chi connectivity index (χ4n) is 2.33. The second-order valence-electron chi connectivity index (χ2n) is 5.07. The Morgan fingerprint density at radius 2 is 2.21 bits per heavy atom. The molecule has 0 saturated carbocycles. The molecule has 2 N–H and O–H groups in total. The van der Waals surface area contributed by atoms with Crippen LogP contribution in [0.5, 0.6) is 0 Å². The molecule has 0 spiro atoms. The van der Waals surface area contributed by atoms with Crippen LogP contribution in [0.25, 0.3) is 0 Å². The molecule has 19 heavy (non-hydrogen) atoms. The number of aryl methyl sites for hydroxylation is 1. The molecule has 1 aromatic carbocycles. The van der Waals surface area contributed by atoms with Crippen molar-refractivity contribution in [2.24, 2.45) is 0 Å². The Morgan fingerprint density at radius 1 is 1.37 bits per heavy atom. The topological polar surface area (TPSA) is 41.1 Å². The predicted octanol–water partition coefficient (Wildman–Crippen LogP) is 2.34. The average molecular weight is 258 g/mol. The first kappa shape index (κ1) is 13.8. The van der Waals surface area contributed by atoms with Crippen LogP contribution in [0.2, 0.25) is 0 Å². The van der Waals surface area contributed by atoms with Gasteiger partial charge in [-0.2, -0.15) is 0 Å². The van der Waals surface area contributed by atoms with Gasteiger partial charge in [0.05, 0.1) is 0 Å². The monoisotopic (exact) mass is 258 g/mol. The summed E-state index contributed by atoms with van der Waals surface area (Å²) in [6.45, 7) is 6.76. The Bertz CT molecular complexity index is 492. The van der Waals surface area contributed by atoms with E-state index in [1.54, 1.807) is 0 Å². The summed E-state index contributed by atoms with van der Waals surface area (Å²) in [4.78, 5) is 12.1. The summed E-state index contributed by atoms with van der Waals surface area (Å²) >= 11 is 0. The lowest BCUT2D eigenvalue weighted by Gasteiger charge is -2.14. The largest absolute Gasteiger partial charge is 0.352 e. The molecule has 0 fully saturated rings. The number of hydrogen-bond donors (Lipinski definition) is 2. The van der Waals surface area contributed by atoms with Gasteiger partial charge in [0.15, 0.2) is 0 Å². The third kappa shape index (κ3) is 3.67. The Morgan fingerprint density at radius 3 is 2.95 bits per heavy atom. The molecule has 0 atom stereocenters. The quantitative estimate of drug-likeness (QED) is 0.814. The van der Waals surface area contributed by atoms with E-state index < -0.39 is 0 Å². The van der Waals surface area contributed by atoms with Crippen LogP contribution < -0.4 is 10.6 Å². The normalized spacial score (nSPS) is 14.9. The van der Waals surface area contributed by atoms with Crippen molar-refractivity contribution in [2.45, 2.75) is 26.7 Å². The number of nitrogens with one attached hydrogen (secondary N) is 2. The molecular formula is C16H22N2O. The molecule has 3 nitrogen and oxygen atoms in total. The van der Waals surface area contributed by atoms with Crippen molar-refractivity contribution in [3.05, 3.63) is 46.5 Å². The summed E-state index contributed by atoms with van der Waals surface area (Å²) in [5.41, 5.74) is 4.47. The van der Waals surface area contributed by atoms with E-state index >= 15 is 0 Å². The molecule has 1 aliphatic rings. The van der Waals surface area contributed by atoms with Crippen LogP contribution in [0.4, 0.5) is 0 Å². The number of benzene rings is 1. The van der Waals surface area contributed by atoms with Gasteiger partial charge in [-0.05, 0) is 50.4 Å². The zero-order chi connectivity index (χ0) is 13.7. The van der Waals surface area contributed by atoms with Gasteiger partial charge in [-0.15, -0.1) is 0 Å². The van der Waals surface area contributed by atoms with Crippen LogP contribution in [-0.4, -0.2) is 25.5 Å². The molecule has 1 aromatic rings. The van der Waals surface area contributed by atoms with Crippen molar-refractivity contribution in [3.63, 3.8) is 0 Å². The highest BCUT2D eigenvalue weighted by molar-refractivity contribution is 5.95. The molecule has 3 heteroatoms. The number of carbonyl (C=O) groups excluding carboxylic acids is 1. The highest BCUT2D eigenvalue weighted by Gasteiger charge is 2.10. The van der Waals surface area contributed by atoms with Gasteiger partial charge in [0, 0.05) is 18.7 Å². The average Bonchev–Trinajstić information content (AvgIpc) is 2.43. The molecular weight excluding hydrogens is 236 g/mol. The standard InChI is InChI=1S/C16H22N2O/c1-12-4-3-5-15(13(12)2)16(19)18-11-8-14-6-9-17-10-7-14/h3-6,17H,7-11H2,1-2H3,(H,18,19). The van der Waals surface area contributed by atoms with Gasteiger partial charge in [-0.3, -0.25) is 4.79 Å². The van der Waals surface area contributed by atoms with Gasteiger partial charge in [-0.25, -0.2) is 0 Å². The van der Waals surface area contributed by atoms with E-state index in [2.05, 4.69) is 16.7 Å². The van der Waals surface area contributed by atoms with Crippen molar-refractivity contribution in [3.8, 4) is 0 Å². The van der Waals surface area contributed by atoms with Crippen molar-refractivity contribution in [1.29, 1.82) is 0 Å². The summed E-state index contributed by atoms with van der Waals surface area (Å²) in [5.74, 6) is 0.0377. The highest BCUT2D eigenvalue weighted by atomic mass is 16.1. The van der Waals surface area contributed by atoms with Crippen molar-refractivity contribution < 1.29 is 4.79 Å². The van der Waals surface area contributed by atoms with Crippen molar-refractivity contribution >= 4 is 5.91 Å². The minimum atomic E-state index is 0.0377. The van der Waals surface area contributed by atoms with Gasteiger partial charge in [0.1, 0.15) is 0 Å². The van der Waals surface area contributed by atoms with E-state index in [0.717, 1.165) is 49.2 Å². The fourth-order valence-corrected chi connectivity index (χ4v) is 2.33. The van der Waals surface area contributed by atoms with E-state index in [1.807, 2.05) is 32.0 Å². The molecule has 0 aliphatic carbocycles. The first-order valence-corrected chi connectivity index (χ1v) is 6.91. The number of carbonyl (C=O) groups is 1. The lowest BCUT2D eigenvalue weighted by atomic mass is 10.0. The summed E-state index contributed by atoms with van der Waals surface area (Å²) < 4.78 is 0. The summed E-state index contributed by atoms with van der Waals surface area (Å²) in [5, 5.41) is 6.30. The minimum absolute atomic E-state index is 0.0377. The molecule has 1 heterocycles. The van der Waals surface area contributed by atoms with Gasteiger partial charge in [0.25, 0.3) is 5.91 Å². The lowest BCUT2D eigenvalue weighted by Crippen LogP contribution is -2.27. The minimum Gasteiger partial charge on any atom is -0.352 e. The van der Waals surface area contributed by atoms with Gasteiger partial charge in [0.2, 0.25) is 0 Å². The SMILES string of the molecule is Cc1cccc(C(=O)NCCC2=CCNCC2)c1C. The van der Waals surface area contributed by atoms with Crippen LogP contribution in [0.15, 0.2) is 29.8 Å². The van der Waals surface area contributed by atoms with Crippen LogP contribution >= 0.6 is 0 Å². The molecule has 2 rings (SSSR count). The Balaban J connectivity index is 1.87. The molecule has 0 aromatic heterocycles. The van der Waals surface area contributed by atoms with E-state index in [9.17, 15) is 4.79 Å². The van der Waals surface area contributed by atoms with Gasteiger partial charge >= 0.3 is 0 Å². The third-order valence-corrected chi connectivity index (χ3v) is 3.74. The maximum absolute atomic E-state index is 12.1. The maximum atomic E-state index is 12.1. The van der Waals surface area contributed by atoms with Crippen molar-refractivity contribution in [1.82, 2.24) is 10.6 Å². The zero-order valence-electron chi connectivity index (χ0n) is 11.8. The third-order valence-electron chi connectivity index (χ3n) is 3.74. The Kier molecular flexibility index (Phi) is 4.74. The molecule has 0 bridgehead atoms.